The number of aliphatic hydroxyl groups is 2. The SMILES string of the molecule is CC(CC1C(O)=CC(O)=C/C1=N\P(=O)(O)O)c1cccc(O)c1. The van der Waals surface area contributed by atoms with Crippen LogP contribution in [0.15, 0.2) is 52.7 Å². The van der Waals surface area contributed by atoms with Gasteiger partial charge < -0.3 is 25.1 Å². The Kier molecular flexibility index (Phi) is 4.94. The van der Waals surface area contributed by atoms with Crippen molar-refractivity contribution in [1.29, 1.82) is 0 Å². The van der Waals surface area contributed by atoms with Crippen LogP contribution < -0.4 is 0 Å². The van der Waals surface area contributed by atoms with Crippen LogP contribution in [-0.4, -0.2) is 30.8 Å². The summed E-state index contributed by atoms with van der Waals surface area (Å²) >= 11 is 0. The van der Waals surface area contributed by atoms with Crippen LogP contribution in [0.25, 0.3) is 0 Å². The van der Waals surface area contributed by atoms with Gasteiger partial charge in [-0.15, -0.1) is 0 Å². The first kappa shape index (κ1) is 17.3. The highest BCUT2D eigenvalue weighted by Crippen LogP contribution is 2.40. The Morgan fingerprint density at radius 2 is 1.91 bits per heavy atom. The molecule has 1 aliphatic rings. The topological polar surface area (TPSA) is 131 Å². The van der Waals surface area contributed by atoms with E-state index < -0.39 is 13.7 Å². The van der Waals surface area contributed by atoms with Crippen LogP contribution in [0.3, 0.4) is 0 Å². The van der Waals surface area contributed by atoms with Gasteiger partial charge in [0.2, 0.25) is 0 Å². The fraction of sp³-hybridized carbons (Fsp3) is 0.267. The Bertz CT molecular complexity index is 733. The number of phenolic OH excluding ortho intramolecular Hbond substituents is 1. The summed E-state index contributed by atoms with van der Waals surface area (Å²) in [7, 11) is -4.69. The van der Waals surface area contributed by atoms with Gasteiger partial charge in [0, 0.05) is 12.2 Å². The molecule has 1 aliphatic carbocycles. The van der Waals surface area contributed by atoms with E-state index in [0.29, 0.717) is 6.42 Å². The second-order valence-electron chi connectivity index (χ2n) is 5.46. The molecule has 0 bridgehead atoms. The van der Waals surface area contributed by atoms with Crippen molar-refractivity contribution in [2.24, 2.45) is 10.7 Å². The van der Waals surface area contributed by atoms with Crippen molar-refractivity contribution in [1.82, 2.24) is 0 Å². The Hall–Kier alpha value is -2.08. The van der Waals surface area contributed by atoms with E-state index in [1.807, 2.05) is 6.92 Å². The lowest BCUT2D eigenvalue weighted by molar-refractivity contribution is 0.336. The number of hydrogen-bond donors (Lipinski definition) is 5. The number of aromatic hydroxyl groups is 1. The Balaban J connectivity index is 2.30. The number of nitrogens with zero attached hydrogens (tertiary/aromatic N) is 1. The van der Waals surface area contributed by atoms with Gasteiger partial charge in [0.15, 0.2) is 0 Å². The van der Waals surface area contributed by atoms with Crippen molar-refractivity contribution in [2.45, 2.75) is 19.3 Å². The van der Waals surface area contributed by atoms with Gasteiger partial charge in [0.05, 0.1) is 11.6 Å². The summed E-state index contributed by atoms with van der Waals surface area (Å²) < 4.78 is 14.4. The van der Waals surface area contributed by atoms with Crippen molar-refractivity contribution in [3.63, 3.8) is 0 Å². The summed E-state index contributed by atoms with van der Waals surface area (Å²) in [5, 5.41) is 29.1. The molecular formula is C15H18NO6P. The summed E-state index contributed by atoms with van der Waals surface area (Å²) in [6, 6.07) is 6.62. The predicted octanol–water partition coefficient (Wildman–Crippen LogP) is 2.93. The maximum Gasteiger partial charge on any atom is 0.448 e. The van der Waals surface area contributed by atoms with E-state index in [4.69, 9.17) is 9.79 Å². The highest BCUT2D eigenvalue weighted by molar-refractivity contribution is 7.50. The molecule has 23 heavy (non-hydrogen) atoms. The van der Waals surface area contributed by atoms with Gasteiger partial charge in [0.25, 0.3) is 0 Å². The average Bonchev–Trinajstić information content (AvgIpc) is 2.40. The zero-order valence-corrected chi connectivity index (χ0v) is 13.3. The van der Waals surface area contributed by atoms with Crippen LogP contribution >= 0.6 is 7.75 Å². The highest BCUT2D eigenvalue weighted by Gasteiger charge is 2.28. The Labute approximate surface area is 133 Å². The zero-order valence-electron chi connectivity index (χ0n) is 12.4. The van der Waals surface area contributed by atoms with Gasteiger partial charge in [-0.1, -0.05) is 19.1 Å². The van der Waals surface area contributed by atoms with Crippen molar-refractivity contribution >= 4 is 13.5 Å². The molecule has 2 atom stereocenters. The Morgan fingerprint density at radius 3 is 2.52 bits per heavy atom. The normalized spacial score (nSPS) is 21.7. The molecule has 0 aliphatic heterocycles. The third-order valence-electron chi connectivity index (χ3n) is 3.58. The van der Waals surface area contributed by atoms with Crippen molar-refractivity contribution in [2.75, 3.05) is 0 Å². The first-order chi connectivity index (χ1) is 10.7. The summed E-state index contributed by atoms with van der Waals surface area (Å²) in [6.07, 6.45) is 2.55. The third kappa shape index (κ3) is 4.69. The smallest absolute Gasteiger partial charge is 0.448 e. The molecule has 2 rings (SSSR count). The average molecular weight is 339 g/mol. The summed E-state index contributed by atoms with van der Waals surface area (Å²) in [6.45, 7) is 1.86. The van der Waals surface area contributed by atoms with Gasteiger partial charge in [-0.25, -0.2) is 4.57 Å². The number of phenols is 1. The van der Waals surface area contributed by atoms with Gasteiger partial charge >= 0.3 is 7.75 Å². The molecular weight excluding hydrogens is 321 g/mol. The lowest BCUT2D eigenvalue weighted by Gasteiger charge is -2.24. The number of allylic oxidation sites excluding steroid dienone is 3. The first-order valence-electron chi connectivity index (χ1n) is 6.91. The molecule has 1 aromatic carbocycles. The molecule has 0 fully saturated rings. The molecule has 0 amide bonds. The van der Waals surface area contributed by atoms with Crippen LogP contribution in [0, 0.1) is 5.92 Å². The minimum atomic E-state index is -4.69. The third-order valence-corrected chi connectivity index (χ3v) is 4.07. The van der Waals surface area contributed by atoms with Gasteiger partial charge in [-0.05, 0) is 30.0 Å². The highest BCUT2D eigenvalue weighted by atomic mass is 31.2. The van der Waals surface area contributed by atoms with Crippen LogP contribution in [0.4, 0.5) is 0 Å². The van der Waals surface area contributed by atoms with Crippen LogP contribution in [-0.2, 0) is 4.57 Å². The molecule has 8 heteroatoms. The number of hydrogen-bond acceptors (Lipinski definition) is 4. The molecule has 7 nitrogen and oxygen atoms in total. The number of benzene rings is 1. The molecule has 0 radical (unpaired) electrons. The van der Waals surface area contributed by atoms with Crippen LogP contribution in [0.5, 0.6) is 5.75 Å². The van der Waals surface area contributed by atoms with Crippen molar-refractivity contribution in [3.8, 4) is 5.75 Å². The second kappa shape index (κ2) is 6.58. The van der Waals surface area contributed by atoms with Crippen LogP contribution in [0.2, 0.25) is 0 Å². The van der Waals surface area contributed by atoms with Crippen molar-refractivity contribution in [3.05, 3.63) is 53.5 Å². The van der Waals surface area contributed by atoms with Gasteiger partial charge in [0.1, 0.15) is 17.3 Å². The van der Waals surface area contributed by atoms with E-state index >= 15 is 0 Å². The molecule has 0 heterocycles. The molecule has 0 spiro atoms. The molecule has 0 saturated heterocycles. The quantitative estimate of drug-likeness (QED) is 0.536. The molecule has 124 valence electrons. The van der Waals surface area contributed by atoms with E-state index in [1.54, 1.807) is 18.2 Å². The second-order valence-corrected chi connectivity index (χ2v) is 6.69. The fourth-order valence-corrected chi connectivity index (χ4v) is 3.01. The van der Waals surface area contributed by atoms with Gasteiger partial charge in [-0.3, -0.25) is 0 Å². The minimum absolute atomic E-state index is 0.0807. The van der Waals surface area contributed by atoms with E-state index in [0.717, 1.165) is 17.7 Å². The maximum atomic E-state index is 11.1. The number of rotatable bonds is 4. The minimum Gasteiger partial charge on any atom is -0.511 e. The molecule has 1 aromatic rings. The first-order valence-corrected chi connectivity index (χ1v) is 8.48. The van der Waals surface area contributed by atoms with E-state index in [9.17, 15) is 19.9 Å². The molecule has 0 saturated carbocycles. The van der Waals surface area contributed by atoms with E-state index in [1.165, 1.54) is 6.07 Å². The van der Waals surface area contributed by atoms with Crippen LogP contribution in [0.1, 0.15) is 24.8 Å². The predicted molar refractivity (Wildman–Crippen MR) is 85.5 cm³/mol. The fourth-order valence-electron chi connectivity index (χ4n) is 2.51. The summed E-state index contributed by atoms with van der Waals surface area (Å²) in [5.74, 6) is -1.31. The largest absolute Gasteiger partial charge is 0.511 e. The lowest BCUT2D eigenvalue weighted by Crippen LogP contribution is -2.21. The maximum absolute atomic E-state index is 11.1. The zero-order chi connectivity index (χ0) is 17.2. The number of aliphatic hydroxyl groups excluding tert-OH is 2. The summed E-state index contributed by atoms with van der Waals surface area (Å²) in [4.78, 5) is 18.1. The monoisotopic (exact) mass is 339 g/mol. The molecule has 5 N–H and O–H groups in total. The van der Waals surface area contributed by atoms with E-state index in [2.05, 4.69) is 4.76 Å². The molecule has 0 aromatic heterocycles. The summed E-state index contributed by atoms with van der Waals surface area (Å²) in [5.41, 5.74) is 0.731. The van der Waals surface area contributed by atoms with Crippen molar-refractivity contribution < 1.29 is 29.7 Å². The Morgan fingerprint density at radius 1 is 1.22 bits per heavy atom. The lowest BCUT2D eigenvalue weighted by atomic mass is 9.84. The van der Waals surface area contributed by atoms with Gasteiger partial charge in [-0.2, -0.15) is 4.76 Å². The standard InChI is InChI=1S/C15H18NO6P/c1-9(10-3-2-4-11(17)6-10)5-13-14(16-23(20,21)22)7-12(18)8-15(13)19/h2-4,6-9,13,17-19H,5H2,1H3,(H2,20,21,22)/b16-14+. The van der Waals surface area contributed by atoms with E-state index in [-0.39, 0.29) is 28.9 Å². The molecule has 2 unspecified atom stereocenters.